The molecule has 0 bridgehead atoms. The standard InChI is InChI=1S/C29H32BrFN2O2S/c1-21(2)17-32-29(35)27(16-22-8-4-3-5-9-22)33(18-24-10-6-7-11-26(24)31)28(34)20-36-19-23-12-14-25(30)15-13-23/h3-15,21,27H,16-20H2,1-2H3,(H,32,35)/t27-/m0/s1. The number of carbonyl (C=O) groups is 2. The second kappa shape index (κ2) is 14.2. The molecule has 2 amide bonds. The Morgan fingerprint density at radius 2 is 1.61 bits per heavy atom. The number of nitrogens with one attached hydrogen (secondary N) is 1. The zero-order chi connectivity index (χ0) is 25.9. The van der Waals surface area contributed by atoms with Crippen LogP contribution >= 0.6 is 27.7 Å². The lowest BCUT2D eigenvalue weighted by molar-refractivity contribution is -0.139. The maximum Gasteiger partial charge on any atom is 0.243 e. The first kappa shape index (κ1) is 27.9. The van der Waals surface area contributed by atoms with Crippen LogP contribution in [-0.4, -0.2) is 35.1 Å². The largest absolute Gasteiger partial charge is 0.354 e. The molecule has 0 fully saturated rings. The smallest absolute Gasteiger partial charge is 0.243 e. The predicted molar refractivity (Wildman–Crippen MR) is 149 cm³/mol. The van der Waals surface area contributed by atoms with Crippen molar-refractivity contribution in [3.05, 3.63) is 106 Å². The number of carbonyl (C=O) groups excluding carboxylic acids is 2. The van der Waals surface area contributed by atoms with Gasteiger partial charge in [0.05, 0.1) is 5.75 Å². The van der Waals surface area contributed by atoms with Crippen LogP contribution in [0.3, 0.4) is 0 Å². The number of hydrogen-bond donors (Lipinski definition) is 1. The van der Waals surface area contributed by atoms with Crippen molar-refractivity contribution in [3.63, 3.8) is 0 Å². The van der Waals surface area contributed by atoms with E-state index in [0.717, 1.165) is 15.6 Å². The van der Waals surface area contributed by atoms with Gasteiger partial charge in [-0.3, -0.25) is 9.59 Å². The van der Waals surface area contributed by atoms with E-state index in [1.54, 1.807) is 18.2 Å². The Bertz CT molecular complexity index is 1130. The molecule has 0 aromatic heterocycles. The van der Waals surface area contributed by atoms with Crippen molar-refractivity contribution >= 4 is 39.5 Å². The fourth-order valence-corrected chi connectivity index (χ4v) is 4.84. The number of benzene rings is 3. The molecule has 36 heavy (non-hydrogen) atoms. The summed E-state index contributed by atoms with van der Waals surface area (Å²) in [6.07, 6.45) is 0.350. The lowest BCUT2D eigenvalue weighted by Gasteiger charge is -2.32. The van der Waals surface area contributed by atoms with E-state index in [1.807, 2.05) is 68.4 Å². The molecule has 1 atom stereocenters. The second-order valence-corrected chi connectivity index (χ2v) is 11.0. The Morgan fingerprint density at radius 3 is 2.28 bits per heavy atom. The first-order valence-corrected chi connectivity index (χ1v) is 13.9. The van der Waals surface area contributed by atoms with Crippen LogP contribution in [0.1, 0.15) is 30.5 Å². The SMILES string of the molecule is CC(C)CNC(=O)[C@H](Cc1ccccc1)N(Cc1ccccc1F)C(=O)CSCc1ccc(Br)cc1. The third-order valence-electron chi connectivity index (χ3n) is 5.66. The molecule has 0 heterocycles. The van der Waals surface area contributed by atoms with Gasteiger partial charge in [0.2, 0.25) is 11.8 Å². The number of thioether (sulfide) groups is 1. The van der Waals surface area contributed by atoms with Crippen LogP contribution in [0.25, 0.3) is 0 Å². The van der Waals surface area contributed by atoms with Gasteiger partial charge in [-0.2, -0.15) is 0 Å². The van der Waals surface area contributed by atoms with E-state index in [4.69, 9.17) is 0 Å². The van der Waals surface area contributed by atoms with E-state index < -0.39 is 6.04 Å². The van der Waals surface area contributed by atoms with Gasteiger partial charge in [-0.15, -0.1) is 11.8 Å². The Morgan fingerprint density at radius 1 is 0.944 bits per heavy atom. The van der Waals surface area contributed by atoms with Gasteiger partial charge in [0.1, 0.15) is 11.9 Å². The van der Waals surface area contributed by atoms with Crippen molar-refractivity contribution < 1.29 is 14.0 Å². The molecular formula is C29H32BrFN2O2S. The summed E-state index contributed by atoms with van der Waals surface area (Å²) in [6.45, 7) is 4.57. The Hall–Kier alpha value is -2.64. The summed E-state index contributed by atoms with van der Waals surface area (Å²) >= 11 is 4.92. The Balaban J connectivity index is 1.84. The topological polar surface area (TPSA) is 49.4 Å². The van der Waals surface area contributed by atoms with E-state index in [9.17, 15) is 14.0 Å². The molecule has 0 radical (unpaired) electrons. The summed E-state index contributed by atoms with van der Waals surface area (Å²) in [6, 6.07) is 23.2. The van der Waals surface area contributed by atoms with Gasteiger partial charge in [0, 0.05) is 35.3 Å². The average Bonchev–Trinajstić information content (AvgIpc) is 2.87. The van der Waals surface area contributed by atoms with Gasteiger partial charge < -0.3 is 10.2 Å². The van der Waals surface area contributed by atoms with Crippen molar-refractivity contribution in [2.24, 2.45) is 5.92 Å². The zero-order valence-corrected chi connectivity index (χ0v) is 23.0. The molecule has 0 aliphatic heterocycles. The van der Waals surface area contributed by atoms with Crippen molar-refractivity contribution in [3.8, 4) is 0 Å². The average molecular weight is 572 g/mol. The summed E-state index contributed by atoms with van der Waals surface area (Å²) in [7, 11) is 0. The minimum atomic E-state index is -0.758. The maximum atomic E-state index is 14.6. The third kappa shape index (κ3) is 8.79. The van der Waals surface area contributed by atoms with Crippen LogP contribution in [0.4, 0.5) is 4.39 Å². The zero-order valence-electron chi connectivity index (χ0n) is 20.6. The molecule has 4 nitrogen and oxygen atoms in total. The van der Waals surface area contributed by atoms with Crippen LogP contribution in [0.2, 0.25) is 0 Å². The maximum absolute atomic E-state index is 14.6. The lowest BCUT2D eigenvalue weighted by atomic mass is 10.0. The van der Waals surface area contributed by atoms with Gasteiger partial charge in [0.25, 0.3) is 0 Å². The highest BCUT2D eigenvalue weighted by Gasteiger charge is 2.30. The summed E-state index contributed by atoms with van der Waals surface area (Å²) in [5, 5.41) is 2.99. The monoisotopic (exact) mass is 570 g/mol. The van der Waals surface area contributed by atoms with Crippen LogP contribution in [0.15, 0.2) is 83.3 Å². The van der Waals surface area contributed by atoms with E-state index in [2.05, 4.69) is 21.2 Å². The first-order chi connectivity index (χ1) is 17.3. The van der Waals surface area contributed by atoms with Gasteiger partial charge in [-0.05, 0) is 35.2 Å². The van der Waals surface area contributed by atoms with Crippen LogP contribution in [0.5, 0.6) is 0 Å². The van der Waals surface area contributed by atoms with Gasteiger partial charge in [0.15, 0.2) is 0 Å². The Kier molecular flexibility index (Phi) is 11.0. The van der Waals surface area contributed by atoms with Crippen molar-refractivity contribution in [1.29, 1.82) is 0 Å². The number of rotatable bonds is 12. The first-order valence-electron chi connectivity index (χ1n) is 12.0. The van der Waals surface area contributed by atoms with Crippen LogP contribution < -0.4 is 5.32 Å². The highest BCUT2D eigenvalue weighted by molar-refractivity contribution is 9.10. The highest BCUT2D eigenvalue weighted by atomic mass is 79.9. The lowest BCUT2D eigenvalue weighted by Crippen LogP contribution is -2.51. The van der Waals surface area contributed by atoms with E-state index in [1.165, 1.54) is 22.7 Å². The van der Waals surface area contributed by atoms with E-state index >= 15 is 0 Å². The molecule has 0 aliphatic rings. The number of hydrogen-bond acceptors (Lipinski definition) is 3. The quantitative estimate of drug-likeness (QED) is 0.280. The fraction of sp³-hybridized carbons (Fsp3) is 0.310. The third-order valence-corrected chi connectivity index (χ3v) is 7.18. The molecule has 1 N–H and O–H groups in total. The minimum Gasteiger partial charge on any atom is -0.354 e. The number of halogens is 2. The van der Waals surface area contributed by atoms with Crippen LogP contribution in [-0.2, 0) is 28.3 Å². The van der Waals surface area contributed by atoms with Gasteiger partial charge >= 0.3 is 0 Å². The summed E-state index contributed by atoms with van der Waals surface area (Å²) < 4.78 is 15.6. The van der Waals surface area contributed by atoms with Gasteiger partial charge in [-0.1, -0.05) is 90.4 Å². The molecule has 3 rings (SSSR count). The summed E-state index contributed by atoms with van der Waals surface area (Å²) in [5.41, 5.74) is 2.43. The van der Waals surface area contributed by atoms with Crippen LogP contribution in [0, 0.1) is 11.7 Å². The molecule has 0 unspecified atom stereocenters. The molecule has 7 heteroatoms. The van der Waals surface area contributed by atoms with E-state index in [0.29, 0.717) is 24.3 Å². The normalized spacial score (nSPS) is 11.8. The second-order valence-electron chi connectivity index (χ2n) is 9.08. The van der Waals surface area contributed by atoms with Crippen molar-refractivity contribution in [1.82, 2.24) is 10.2 Å². The predicted octanol–water partition coefficient (Wildman–Crippen LogP) is 6.23. The van der Waals surface area contributed by atoms with Gasteiger partial charge in [-0.25, -0.2) is 4.39 Å². The summed E-state index contributed by atoms with van der Waals surface area (Å²) in [4.78, 5) is 28.5. The van der Waals surface area contributed by atoms with Crippen molar-refractivity contribution in [2.75, 3.05) is 12.3 Å². The molecule has 0 saturated carbocycles. The number of nitrogens with zero attached hydrogens (tertiary/aromatic N) is 1. The highest BCUT2D eigenvalue weighted by Crippen LogP contribution is 2.20. The summed E-state index contributed by atoms with van der Waals surface area (Å²) in [5.74, 6) is 0.307. The molecular weight excluding hydrogens is 539 g/mol. The Labute approximate surface area is 225 Å². The molecule has 190 valence electrons. The molecule has 0 aliphatic carbocycles. The molecule has 0 spiro atoms. The van der Waals surface area contributed by atoms with Crippen molar-refractivity contribution in [2.45, 2.75) is 38.6 Å². The molecule has 3 aromatic rings. The molecule has 0 saturated heterocycles. The fourth-order valence-electron chi connectivity index (χ4n) is 3.71. The number of amides is 2. The minimum absolute atomic E-state index is 0.0248. The van der Waals surface area contributed by atoms with E-state index in [-0.39, 0.29) is 35.8 Å². The molecule has 3 aromatic carbocycles.